The highest BCUT2D eigenvalue weighted by molar-refractivity contribution is 9.10. The highest BCUT2D eigenvalue weighted by Gasteiger charge is 2.21. The standard InChI is InChI=1S/C12H12BrClN2O2/c13-7-1-3-9(10(14)5-7)12(18)16-8-2-4-11(17)15-6-8/h1,3,5,8H,2,4,6H2,(H,15,17)(H,16,18). The van der Waals surface area contributed by atoms with Crippen LogP contribution < -0.4 is 10.6 Å². The van der Waals surface area contributed by atoms with Crippen LogP contribution in [0.4, 0.5) is 0 Å². The van der Waals surface area contributed by atoms with Crippen LogP contribution in [0.25, 0.3) is 0 Å². The molecular formula is C12H12BrClN2O2. The highest BCUT2D eigenvalue weighted by atomic mass is 79.9. The summed E-state index contributed by atoms with van der Waals surface area (Å²) >= 11 is 9.29. The Morgan fingerprint density at radius 1 is 1.50 bits per heavy atom. The summed E-state index contributed by atoms with van der Waals surface area (Å²) in [5.74, 6) is -0.184. The number of halogens is 2. The van der Waals surface area contributed by atoms with E-state index in [1.807, 2.05) is 0 Å². The first-order valence-corrected chi connectivity index (χ1v) is 6.76. The lowest BCUT2D eigenvalue weighted by Crippen LogP contribution is -2.47. The van der Waals surface area contributed by atoms with Gasteiger partial charge in [0.1, 0.15) is 0 Å². The van der Waals surface area contributed by atoms with Gasteiger partial charge in [0.2, 0.25) is 5.91 Å². The lowest BCUT2D eigenvalue weighted by Gasteiger charge is -2.23. The van der Waals surface area contributed by atoms with Gasteiger partial charge in [-0.05, 0) is 24.6 Å². The van der Waals surface area contributed by atoms with Crippen molar-refractivity contribution in [1.82, 2.24) is 10.6 Å². The highest BCUT2D eigenvalue weighted by Crippen LogP contribution is 2.21. The molecule has 6 heteroatoms. The van der Waals surface area contributed by atoms with Crippen LogP contribution in [-0.2, 0) is 4.79 Å². The Morgan fingerprint density at radius 2 is 2.28 bits per heavy atom. The van der Waals surface area contributed by atoms with Gasteiger partial charge in [-0.15, -0.1) is 0 Å². The summed E-state index contributed by atoms with van der Waals surface area (Å²) in [5, 5.41) is 5.99. The van der Waals surface area contributed by atoms with Crippen molar-refractivity contribution < 1.29 is 9.59 Å². The van der Waals surface area contributed by atoms with E-state index in [9.17, 15) is 9.59 Å². The van der Waals surface area contributed by atoms with Crippen LogP contribution >= 0.6 is 27.5 Å². The molecule has 4 nitrogen and oxygen atoms in total. The summed E-state index contributed by atoms with van der Waals surface area (Å²) in [5.41, 5.74) is 0.441. The molecule has 0 spiro atoms. The second-order valence-electron chi connectivity index (χ2n) is 4.14. The molecule has 1 saturated heterocycles. The van der Waals surface area contributed by atoms with Crippen LogP contribution in [0.2, 0.25) is 5.02 Å². The molecule has 0 radical (unpaired) electrons. The lowest BCUT2D eigenvalue weighted by molar-refractivity contribution is -0.122. The van der Waals surface area contributed by atoms with Gasteiger partial charge < -0.3 is 10.6 Å². The summed E-state index contributed by atoms with van der Waals surface area (Å²) < 4.78 is 0.828. The number of rotatable bonds is 2. The smallest absolute Gasteiger partial charge is 0.253 e. The SMILES string of the molecule is O=C1CCC(NC(=O)c2ccc(Br)cc2Cl)CN1. The summed E-state index contributed by atoms with van der Waals surface area (Å²) in [6, 6.07) is 5.08. The Kier molecular flexibility index (Phi) is 4.24. The summed E-state index contributed by atoms with van der Waals surface area (Å²) in [4.78, 5) is 23.0. The van der Waals surface area contributed by atoms with Crippen molar-refractivity contribution in [2.75, 3.05) is 6.54 Å². The van der Waals surface area contributed by atoms with Crippen LogP contribution in [0.1, 0.15) is 23.2 Å². The Morgan fingerprint density at radius 3 is 2.89 bits per heavy atom. The largest absolute Gasteiger partial charge is 0.354 e. The predicted molar refractivity (Wildman–Crippen MR) is 72.6 cm³/mol. The third-order valence-electron chi connectivity index (χ3n) is 2.78. The predicted octanol–water partition coefficient (Wildman–Crippen LogP) is 2.11. The van der Waals surface area contributed by atoms with E-state index < -0.39 is 0 Å². The number of amides is 2. The van der Waals surface area contributed by atoms with E-state index in [1.54, 1.807) is 18.2 Å². The summed E-state index contributed by atoms with van der Waals surface area (Å²) in [7, 11) is 0. The number of hydrogen-bond acceptors (Lipinski definition) is 2. The molecule has 0 aromatic heterocycles. The molecule has 1 aromatic rings. The van der Waals surface area contributed by atoms with Crippen LogP contribution in [0.3, 0.4) is 0 Å². The van der Waals surface area contributed by atoms with Gasteiger partial charge in [0.05, 0.1) is 10.6 Å². The Balaban J connectivity index is 2.01. The van der Waals surface area contributed by atoms with E-state index in [2.05, 4.69) is 26.6 Å². The maximum absolute atomic E-state index is 12.0. The van der Waals surface area contributed by atoms with Crippen molar-refractivity contribution in [3.63, 3.8) is 0 Å². The lowest BCUT2D eigenvalue weighted by atomic mass is 10.1. The number of piperidine rings is 1. The minimum Gasteiger partial charge on any atom is -0.354 e. The van der Waals surface area contributed by atoms with Gasteiger partial charge in [0.25, 0.3) is 5.91 Å². The maximum atomic E-state index is 12.0. The fourth-order valence-electron chi connectivity index (χ4n) is 1.79. The number of nitrogens with one attached hydrogen (secondary N) is 2. The molecule has 1 aliphatic heterocycles. The van der Waals surface area contributed by atoms with Gasteiger partial charge in [0, 0.05) is 23.5 Å². The van der Waals surface area contributed by atoms with Gasteiger partial charge in [-0.3, -0.25) is 9.59 Å². The Bertz CT molecular complexity index is 483. The van der Waals surface area contributed by atoms with E-state index in [0.29, 0.717) is 30.0 Å². The fourth-order valence-corrected chi connectivity index (χ4v) is 2.55. The van der Waals surface area contributed by atoms with Gasteiger partial charge in [0.15, 0.2) is 0 Å². The minimum absolute atomic E-state index is 0.0298. The fraction of sp³-hybridized carbons (Fsp3) is 0.333. The quantitative estimate of drug-likeness (QED) is 0.872. The first kappa shape index (κ1) is 13.4. The van der Waals surface area contributed by atoms with Crippen molar-refractivity contribution in [3.8, 4) is 0 Å². The second-order valence-corrected chi connectivity index (χ2v) is 5.46. The molecule has 2 rings (SSSR count). The summed E-state index contributed by atoms with van der Waals surface area (Å²) in [6.07, 6.45) is 1.10. The Labute approximate surface area is 118 Å². The van der Waals surface area contributed by atoms with Crippen LogP contribution in [0.5, 0.6) is 0 Å². The molecule has 1 unspecified atom stereocenters. The van der Waals surface area contributed by atoms with E-state index >= 15 is 0 Å². The normalized spacial score (nSPS) is 19.2. The zero-order valence-corrected chi connectivity index (χ0v) is 11.8. The zero-order valence-electron chi connectivity index (χ0n) is 9.50. The summed E-state index contributed by atoms with van der Waals surface area (Å²) in [6.45, 7) is 0.471. The number of benzene rings is 1. The third kappa shape index (κ3) is 3.23. The van der Waals surface area contributed by atoms with Gasteiger partial charge >= 0.3 is 0 Å². The molecule has 2 amide bonds. The second kappa shape index (κ2) is 5.71. The maximum Gasteiger partial charge on any atom is 0.253 e. The first-order valence-electron chi connectivity index (χ1n) is 5.59. The molecule has 1 aromatic carbocycles. The van der Waals surface area contributed by atoms with E-state index in [-0.39, 0.29) is 17.9 Å². The van der Waals surface area contributed by atoms with Gasteiger partial charge in [-0.25, -0.2) is 0 Å². The Hall–Kier alpha value is -1.07. The molecule has 1 heterocycles. The van der Waals surface area contributed by atoms with Crippen molar-refractivity contribution >= 4 is 39.3 Å². The number of carbonyl (C=O) groups is 2. The minimum atomic E-state index is -0.214. The van der Waals surface area contributed by atoms with Crippen LogP contribution in [-0.4, -0.2) is 24.4 Å². The average molecular weight is 332 g/mol. The van der Waals surface area contributed by atoms with Crippen LogP contribution in [0, 0.1) is 0 Å². The third-order valence-corrected chi connectivity index (χ3v) is 3.58. The van der Waals surface area contributed by atoms with Crippen molar-refractivity contribution in [2.45, 2.75) is 18.9 Å². The molecular weight excluding hydrogens is 320 g/mol. The van der Waals surface area contributed by atoms with E-state index in [1.165, 1.54) is 0 Å². The molecule has 1 atom stereocenters. The van der Waals surface area contributed by atoms with Crippen molar-refractivity contribution in [2.24, 2.45) is 0 Å². The van der Waals surface area contributed by atoms with Crippen LogP contribution in [0.15, 0.2) is 22.7 Å². The van der Waals surface area contributed by atoms with Gasteiger partial charge in [-0.2, -0.15) is 0 Å². The average Bonchev–Trinajstić information content (AvgIpc) is 2.32. The van der Waals surface area contributed by atoms with Crippen molar-refractivity contribution in [1.29, 1.82) is 0 Å². The van der Waals surface area contributed by atoms with E-state index in [0.717, 1.165) is 4.47 Å². The molecule has 1 fully saturated rings. The number of carbonyl (C=O) groups excluding carboxylic acids is 2. The monoisotopic (exact) mass is 330 g/mol. The van der Waals surface area contributed by atoms with Gasteiger partial charge in [-0.1, -0.05) is 27.5 Å². The molecule has 0 saturated carbocycles. The molecule has 18 heavy (non-hydrogen) atoms. The van der Waals surface area contributed by atoms with E-state index in [4.69, 9.17) is 11.6 Å². The molecule has 2 N–H and O–H groups in total. The number of hydrogen-bond donors (Lipinski definition) is 2. The topological polar surface area (TPSA) is 58.2 Å². The molecule has 96 valence electrons. The molecule has 1 aliphatic rings. The molecule has 0 aliphatic carbocycles. The molecule has 0 bridgehead atoms. The zero-order chi connectivity index (χ0) is 13.1. The first-order chi connectivity index (χ1) is 8.56. The van der Waals surface area contributed by atoms with Crippen molar-refractivity contribution in [3.05, 3.63) is 33.3 Å².